The van der Waals surface area contributed by atoms with E-state index in [1.54, 1.807) is 11.8 Å². The quantitative estimate of drug-likeness (QED) is 0.603. The maximum Gasteiger partial charge on any atom is 0.106 e. The number of benzene rings is 1. The molecule has 1 heterocycles. The first-order valence-electron chi connectivity index (χ1n) is 4.55. The summed E-state index contributed by atoms with van der Waals surface area (Å²) in [7, 11) is 0. The van der Waals surface area contributed by atoms with Crippen LogP contribution in [0.5, 0.6) is 0 Å². The van der Waals surface area contributed by atoms with Crippen LogP contribution in [0.25, 0.3) is 11.1 Å². The number of hydrogen-bond acceptors (Lipinski definition) is 2. The van der Waals surface area contributed by atoms with Gasteiger partial charge in [-0.05, 0) is 57.6 Å². The van der Waals surface area contributed by atoms with Crippen molar-refractivity contribution in [2.24, 2.45) is 0 Å². The fourth-order valence-corrected chi connectivity index (χ4v) is 2.14. The molecule has 0 aliphatic rings. The van der Waals surface area contributed by atoms with E-state index in [1.165, 1.54) is 16.0 Å². The molecule has 2 aromatic rings. The normalized spacial score (nSPS) is 10.3. The van der Waals surface area contributed by atoms with E-state index in [1.807, 2.05) is 18.3 Å². The summed E-state index contributed by atoms with van der Waals surface area (Å²) >= 11 is 5.13. The predicted molar refractivity (Wildman–Crippen MR) is 69.2 cm³/mol. The molecule has 3 heteroatoms. The number of rotatable bonds is 2. The molecule has 0 amide bonds. The average Bonchev–Trinajstić information content (AvgIpc) is 2.29. The van der Waals surface area contributed by atoms with Crippen LogP contribution in [-0.2, 0) is 0 Å². The lowest BCUT2D eigenvalue weighted by Gasteiger charge is -2.02. The zero-order chi connectivity index (χ0) is 10.7. The van der Waals surface area contributed by atoms with Crippen LogP contribution in [0, 0.1) is 0 Å². The standard InChI is InChI=1S/C12H10BrNS/c1-15-11-4-2-9(3-5-11)10-6-7-14-12(13)8-10/h2-8H,1H3. The molecular weight excluding hydrogens is 270 g/mol. The average molecular weight is 280 g/mol. The fraction of sp³-hybridized carbons (Fsp3) is 0.0833. The van der Waals surface area contributed by atoms with Gasteiger partial charge in [0.05, 0.1) is 0 Å². The summed E-state index contributed by atoms with van der Waals surface area (Å²) in [5.74, 6) is 0. The lowest BCUT2D eigenvalue weighted by Crippen LogP contribution is -1.80. The van der Waals surface area contributed by atoms with E-state index >= 15 is 0 Å². The van der Waals surface area contributed by atoms with Crippen molar-refractivity contribution in [2.45, 2.75) is 4.90 Å². The van der Waals surface area contributed by atoms with Gasteiger partial charge in [-0.1, -0.05) is 12.1 Å². The second kappa shape index (κ2) is 4.81. The second-order valence-corrected chi connectivity index (χ2v) is 4.79. The number of aromatic nitrogens is 1. The Kier molecular flexibility index (Phi) is 3.44. The minimum atomic E-state index is 0.869. The first kappa shape index (κ1) is 10.7. The van der Waals surface area contributed by atoms with Gasteiger partial charge in [-0.2, -0.15) is 0 Å². The molecular formula is C12H10BrNS. The number of thioether (sulfide) groups is 1. The van der Waals surface area contributed by atoms with Gasteiger partial charge in [0.25, 0.3) is 0 Å². The lowest BCUT2D eigenvalue weighted by molar-refractivity contribution is 1.28. The maximum absolute atomic E-state index is 4.11. The van der Waals surface area contributed by atoms with Gasteiger partial charge >= 0.3 is 0 Å². The van der Waals surface area contributed by atoms with E-state index in [4.69, 9.17) is 0 Å². The Bertz CT molecular complexity index is 453. The van der Waals surface area contributed by atoms with Gasteiger partial charge in [0.1, 0.15) is 4.60 Å². The molecule has 1 nitrogen and oxygen atoms in total. The molecule has 1 aromatic heterocycles. The highest BCUT2D eigenvalue weighted by molar-refractivity contribution is 9.10. The molecule has 0 bridgehead atoms. The smallest absolute Gasteiger partial charge is 0.106 e. The molecule has 0 saturated carbocycles. The summed E-state index contributed by atoms with van der Waals surface area (Å²) in [4.78, 5) is 5.40. The number of halogens is 1. The van der Waals surface area contributed by atoms with Crippen molar-refractivity contribution in [1.82, 2.24) is 4.98 Å². The van der Waals surface area contributed by atoms with E-state index in [0.29, 0.717) is 0 Å². The Balaban J connectivity index is 2.37. The molecule has 0 fully saturated rings. The summed E-state index contributed by atoms with van der Waals surface area (Å²) in [6, 6.07) is 12.6. The van der Waals surface area contributed by atoms with Gasteiger partial charge in [0.2, 0.25) is 0 Å². The molecule has 0 N–H and O–H groups in total. The molecule has 0 unspecified atom stereocenters. The molecule has 0 aliphatic heterocycles. The highest BCUT2D eigenvalue weighted by Gasteiger charge is 1.98. The molecule has 0 aliphatic carbocycles. The summed E-state index contributed by atoms with van der Waals surface area (Å²) in [5.41, 5.74) is 2.40. The molecule has 0 saturated heterocycles. The number of hydrogen-bond donors (Lipinski definition) is 0. The van der Waals surface area contributed by atoms with Gasteiger partial charge in [-0.3, -0.25) is 0 Å². The first-order chi connectivity index (χ1) is 7.29. The highest BCUT2D eigenvalue weighted by atomic mass is 79.9. The second-order valence-electron chi connectivity index (χ2n) is 3.10. The van der Waals surface area contributed by atoms with Crippen molar-refractivity contribution in [1.29, 1.82) is 0 Å². The largest absolute Gasteiger partial charge is 0.249 e. The van der Waals surface area contributed by atoms with E-state index in [-0.39, 0.29) is 0 Å². The van der Waals surface area contributed by atoms with E-state index in [0.717, 1.165) is 4.60 Å². The summed E-state index contributed by atoms with van der Waals surface area (Å²) < 4.78 is 0.869. The Hall–Kier alpha value is -0.800. The number of pyridine rings is 1. The monoisotopic (exact) mass is 279 g/mol. The third kappa shape index (κ3) is 2.61. The Labute approximate surface area is 102 Å². The van der Waals surface area contributed by atoms with Crippen LogP contribution in [-0.4, -0.2) is 11.2 Å². The van der Waals surface area contributed by atoms with Crippen LogP contribution in [0.3, 0.4) is 0 Å². The molecule has 1 aromatic carbocycles. The van der Waals surface area contributed by atoms with Crippen molar-refractivity contribution >= 4 is 27.7 Å². The van der Waals surface area contributed by atoms with Gasteiger partial charge < -0.3 is 0 Å². The Morgan fingerprint density at radius 1 is 1.07 bits per heavy atom. The SMILES string of the molecule is CSc1ccc(-c2ccnc(Br)c2)cc1. The van der Waals surface area contributed by atoms with Crippen LogP contribution < -0.4 is 0 Å². The van der Waals surface area contributed by atoms with Crippen molar-refractivity contribution in [2.75, 3.05) is 6.26 Å². The topological polar surface area (TPSA) is 12.9 Å². The van der Waals surface area contributed by atoms with E-state index in [2.05, 4.69) is 51.4 Å². The molecule has 0 atom stereocenters. The van der Waals surface area contributed by atoms with Crippen molar-refractivity contribution < 1.29 is 0 Å². The Morgan fingerprint density at radius 3 is 2.40 bits per heavy atom. The third-order valence-electron chi connectivity index (χ3n) is 2.15. The zero-order valence-corrected chi connectivity index (χ0v) is 10.7. The first-order valence-corrected chi connectivity index (χ1v) is 6.57. The predicted octanol–water partition coefficient (Wildman–Crippen LogP) is 4.23. The fourth-order valence-electron chi connectivity index (χ4n) is 1.37. The molecule has 15 heavy (non-hydrogen) atoms. The van der Waals surface area contributed by atoms with Gasteiger partial charge in [0, 0.05) is 11.1 Å². The van der Waals surface area contributed by atoms with Crippen LogP contribution in [0.15, 0.2) is 52.1 Å². The van der Waals surface area contributed by atoms with E-state index < -0.39 is 0 Å². The maximum atomic E-state index is 4.11. The molecule has 0 radical (unpaired) electrons. The molecule has 2 rings (SSSR count). The van der Waals surface area contributed by atoms with Crippen LogP contribution in [0.1, 0.15) is 0 Å². The van der Waals surface area contributed by atoms with E-state index in [9.17, 15) is 0 Å². The van der Waals surface area contributed by atoms with Crippen LogP contribution >= 0.6 is 27.7 Å². The van der Waals surface area contributed by atoms with Crippen LogP contribution in [0.2, 0.25) is 0 Å². The summed E-state index contributed by atoms with van der Waals surface area (Å²) in [6.07, 6.45) is 3.89. The van der Waals surface area contributed by atoms with Gasteiger partial charge in [-0.25, -0.2) is 4.98 Å². The number of nitrogens with zero attached hydrogens (tertiary/aromatic N) is 1. The summed E-state index contributed by atoms with van der Waals surface area (Å²) in [6.45, 7) is 0. The zero-order valence-electron chi connectivity index (χ0n) is 8.27. The van der Waals surface area contributed by atoms with Crippen molar-refractivity contribution in [3.05, 3.63) is 47.2 Å². The van der Waals surface area contributed by atoms with Gasteiger partial charge in [0.15, 0.2) is 0 Å². The van der Waals surface area contributed by atoms with Crippen molar-refractivity contribution in [3.8, 4) is 11.1 Å². The van der Waals surface area contributed by atoms with Crippen LogP contribution in [0.4, 0.5) is 0 Å². The van der Waals surface area contributed by atoms with Gasteiger partial charge in [-0.15, -0.1) is 11.8 Å². The minimum absolute atomic E-state index is 0.869. The third-order valence-corrected chi connectivity index (χ3v) is 3.33. The highest BCUT2D eigenvalue weighted by Crippen LogP contribution is 2.24. The lowest BCUT2D eigenvalue weighted by atomic mass is 10.1. The minimum Gasteiger partial charge on any atom is -0.249 e. The molecule has 76 valence electrons. The Morgan fingerprint density at radius 2 is 1.80 bits per heavy atom. The van der Waals surface area contributed by atoms with Crippen molar-refractivity contribution in [3.63, 3.8) is 0 Å². The molecule has 0 spiro atoms. The summed E-state index contributed by atoms with van der Waals surface area (Å²) in [5, 5.41) is 0.